The number of carbonyl (C=O) groups is 1. The number of rotatable bonds is 4. The Morgan fingerprint density at radius 1 is 1.28 bits per heavy atom. The number of thiazole rings is 1. The molecule has 0 spiro atoms. The van der Waals surface area contributed by atoms with Crippen molar-refractivity contribution in [3.8, 4) is 0 Å². The van der Waals surface area contributed by atoms with Gasteiger partial charge in [0.25, 0.3) is 5.91 Å². The molecule has 3 aromatic rings. The average Bonchev–Trinajstić information content (AvgIpc) is 3.15. The van der Waals surface area contributed by atoms with Crippen molar-refractivity contribution in [2.45, 2.75) is 33.7 Å². The van der Waals surface area contributed by atoms with Crippen LogP contribution in [0.3, 0.4) is 0 Å². The Kier molecular flexibility index (Phi) is 4.82. The van der Waals surface area contributed by atoms with E-state index in [0.29, 0.717) is 4.80 Å². The Hall–Kier alpha value is -2.32. The van der Waals surface area contributed by atoms with Crippen LogP contribution in [-0.2, 0) is 6.54 Å². The summed E-state index contributed by atoms with van der Waals surface area (Å²) in [7, 11) is 0. The number of nitro groups is 1. The number of carbonyl (C=O) groups excluding carboxylic acids is 1. The molecular weight excluding hydrogens is 358 g/mol. The van der Waals surface area contributed by atoms with Crippen LogP contribution in [0.5, 0.6) is 0 Å². The highest BCUT2D eigenvalue weighted by atomic mass is 32.1. The number of thiophene rings is 1. The normalized spacial score (nSPS) is 12.0. The molecule has 8 heteroatoms. The van der Waals surface area contributed by atoms with Crippen molar-refractivity contribution in [2.75, 3.05) is 0 Å². The van der Waals surface area contributed by atoms with Crippen LogP contribution in [0.4, 0.5) is 5.00 Å². The molecule has 0 saturated heterocycles. The molecule has 0 saturated carbocycles. The molecule has 25 heavy (non-hydrogen) atoms. The smallest absolute Gasteiger partial charge is 0.316 e. The van der Waals surface area contributed by atoms with Gasteiger partial charge < -0.3 is 4.57 Å². The van der Waals surface area contributed by atoms with E-state index >= 15 is 0 Å². The zero-order chi connectivity index (χ0) is 18.1. The Balaban J connectivity index is 2.14. The van der Waals surface area contributed by atoms with Gasteiger partial charge in [0.2, 0.25) is 0 Å². The zero-order valence-corrected chi connectivity index (χ0v) is 15.7. The van der Waals surface area contributed by atoms with Crippen LogP contribution in [0, 0.1) is 24.0 Å². The lowest BCUT2D eigenvalue weighted by Gasteiger charge is -2.04. The number of aromatic nitrogens is 1. The highest BCUT2D eigenvalue weighted by molar-refractivity contribution is 7.17. The van der Waals surface area contributed by atoms with Crippen molar-refractivity contribution < 1.29 is 9.72 Å². The van der Waals surface area contributed by atoms with Gasteiger partial charge in [-0.05, 0) is 43.5 Å². The van der Waals surface area contributed by atoms with Crippen LogP contribution in [0.1, 0.15) is 34.1 Å². The van der Waals surface area contributed by atoms with Gasteiger partial charge in [-0.15, -0.1) is 0 Å². The summed E-state index contributed by atoms with van der Waals surface area (Å²) in [5, 5.41) is 10.7. The minimum Gasteiger partial charge on any atom is -0.316 e. The molecule has 0 atom stereocenters. The van der Waals surface area contributed by atoms with E-state index in [1.807, 2.05) is 6.92 Å². The molecule has 0 N–H and O–H groups in total. The predicted molar refractivity (Wildman–Crippen MR) is 100 cm³/mol. The molecule has 0 aliphatic heterocycles. The van der Waals surface area contributed by atoms with Crippen LogP contribution >= 0.6 is 22.7 Å². The van der Waals surface area contributed by atoms with Crippen LogP contribution in [0.2, 0.25) is 0 Å². The number of aryl methyl sites for hydroxylation is 3. The Morgan fingerprint density at radius 2 is 2.04 bits per heavy atom. The molecule has 0 radical (unpaired) electrons. The largest absolute Gasteiger partial charge is 0.324 e. The minimum absolute atomic E-state index is 0.0530. The van der Waals surface area contributed by atoms with Gasteiger partial charge in [0.15, 0.2) is 4.80 Å². The van der Waals surface area contributed by atoms with Gasteiger partial charge in [-0.2, -0.15) is 4.99 Å². The highest BCUT2D eigenvalue weighted by Crippen LogP contribution is 2.26. The van der Waals surface area contributed by atoms with E-state index in [-0.39, 0.29) is 9.88 Å². The molecule has 0 aliphatic rings. The fraction of sp³-hybridized carbons (Fsp3) is 0.294. The SMILES string of the molecule is CCCn1c(=NC(=O)c2ccc([N+](=O)[O-])s2)sc2c(C)cc(C)cc21. The first-order valence-corrected chi connectivity index (χ1v) is 9.48. The first kappa shape index (κ1) is 17.5. The Morgan fingerprint density at radius 3 is 2.68 bits per heavy atom. The van der Waals surface area contributed by atoms with E-state index in [9.17, 15) is 14.9 Å². The summed E-state index contributed by atoms with van der Waals surface area (Å²) in [4.78, 5) is 27.9. The zero-order valence-electron chi connectivity index (χ0n) is 14.1. The second kappa shape index (κ2) is 6.89. The van der Waals surface area contributed by atoms with Gasteiger partial charge in [-0.1, -0.05) is 35.7 Å². The van der Waals surface area contributed by atoms with Crippen LogP contribution in [0.15, 0.2) is 29.3 Å². The fourth-order valence-electron chi connectivity index (χ4n) is 2.72. The molecular formula is C17H17N3O3S2. The van der Waals surface area contributed by atoms with Crippen molar-refractivity contribution >= 4 is 43.8 Å². The molecule has 0 unspecified atom stereocenters. The van der Waals surface area contributed by atoms with E-state index in [1.54, 1.807) is 0 Å². The van der Waals surface area contributed by atoms with Gasteiger partial charge in [0, 0.05) is 12.6 Å². The number of hydrogen-bond acceptors (Lipinski definition) is 5. The summed E-state index contributed by atoms with van der Waals surface area (Å²) in [5.74, 6) is -0.441. The van der Waals surface area contributed by atoms with Gasteiger partial charge in [0.05, 0.1) is 15.1 Å². The molecule has 2 aromatic heterocycles. The Labute approximate surface area is 152 Å². The third-order valence-electron chi connectivity index (χ3n) is 3.74. The number of hydrogen-bond donors (Lipinski definition) is 0. The third kappa shape index (κ3) is 3.40. The topological polar surface area (TPSA) is 77.5 Å². The molecule has 6 nitrogen and oxygen atoms in total. The van der Waals surface area contributed by atoms with E-state index in [2.05, 4.69) is 35.5 Å². The van der Waals surface area contributed by atoms with E-state index in [1.165, 1.54) is 29.0 Å². The first-order chi connectivity index (χ1) is 11.9. The van der Waals surface area contributed by atoms with Gasteiger partial charge in [-0.25, -0.2) is 0 Å². The molecule has 0 bridgehead atoms. The first-order valence-electron chi connectivity index (χ1n) is 7.84. The maximum absolute atomic E-state index is 12.4. The predicted octanol–water partition coefficient (Wildman–Crippen LogP) is 4.44. The number of benzene rings is 1. The van der Waals surface area contributed by atoms with Crippen LogP contribution in [-0.4, -0.2) is 15.4 Å². The molecule has 1 aromatic carbocycles. The maximum Gasteiger partial charge on any atom is 0.324 e. The summed E-state index contributed by atoms with van der Waals surface area (Å²) in [6.45, 7) is 6.94. The second-order valence-electron chi connectivity index (χ2n) is 5.78. The summed E-state index contributed by atoms with van der Waals surface area (Å²) >= 11 is 2.33. The molecule has 2 heterocycles. The molecule has 130 valence electrons. The molecule has 1 amide bonds. The van der Waals surface area contributed by atoms with Crippen molar-refractivity contribution in [1.82, 2.24) is 4.57 Å². The van der Waals surface area contributed by atoms with Crippen molar-refractivity contribution in [3.05, 3.63) is 55.2 Å². The van der Waals surface area contributed by atoms with E-state index in [4.69, 9.17) is 0 Å². The molecule has 3 rings (SSSR count). The second-order valence-corrected chi connectivity index (χ2v) is 7.82. The van der Waals surface area contributed by atoms with Crippen molar-refractivity contribution in [2.24, 2.45) is 4.99 Å². The summed E-state index contributed by atoms with van der Waals surface area (Å²) in [6.07, 6.45) is 0.921. The van der Waals surface area contributed by atoms with Gasteiger partial charge in [-0.3, -0.25) is 14.9 Å². The maximum atomic E-state index is 12.4. The summed E-state index contributed by atoms with van der Waals surface area (Å²) < 4.78 is 3.17. The van der Waals surface area contributed by atoms with Gasteiger partial charge in [0.1, 0.15) is 4.88 Å². The third-order valence-corrected chi connectivity index (χ3v) is 6.00. The van der Waals surface area contributed by atoms with E-state index in [0.717, 1.165) is 40.1 Å². The van der Waals surface area contributed by atoms with Crippen LogP contribution in [0.25, 0.3) is 10.2 Å². The number of amides is 1. The highest BCUT2D eigenvalue weighted by Gasteiger charge is 2.16. The average molecular weight is 375 g/mol. The fourth-order valence-corrected chi connectivity index (χ4v) is 4.53. The quantitative estimate of drug-likeness (QED) is 0.499. The standard InChI is InChI=1S/C17H17N3O3S2/c1-4-7-19-12-9-10(2)8-11(3)15(12)25-17(19)18-16(21)13-5-6-14(24-13)20(22)23/h5-6,8-9H,4,7H2,1-3H3. The lowest BCUT2D eigenvalue weighted by molar-refractivity contribution is -0.380. The summed E-state index contributed by atoms with van der Waals surface area (Å²) in [5.41, 5.74) is 3.40. The van der Waals surface area contributed by atoms with Crippen molar-refractivity contribution in [1.29, 1.82) is 0 Å². The summed E-state index contributed by atoms with van der Waals surface area (Å²) in [6, 6.07) is 7.02. The lowest BCUT2D eigenvalue weighted by atomic mass is 10.1. The van der Waals surface area contributed by atoms with Crippen LogP contribution < -0.4 is 4.80 Å². The Bertz CT molecular complexity index is 1040. The monoisotopic (exact) mass is 375 g/mol. The number of nitrogens with zero attached hydrogens (tertiary/aromatic N) is 3. The minimum atomic E-state index is -0.496. The lowest BCUT2D eigenvalue weighted by Crippen LogP contribution is -2.16. The van der Waals surface area contributed by atoms with Gasteiger partial charge >= 0.3 is 5.00 Å². The molecule has 0 aliphatic carbocycles. The number of fused-ring (bicyclic) bond motifs is 1. The van der Waals surface area contributed by atoms with Crippen molar-refractivity contribution in [3.63, 3.8) is 0 Å². The van der Waals surface area contributed by atoms with E-state index < -0.39 is 10.8 Å². The molecule has 0 fully saturated rings.